The van der Waals surface area contributed by atoms with Crippen molar-refractivity contribution < 1.29 is 4.43 Å². The predicted octanol–water partition coefficient (Wildman–Crippen LogP) is 6.80. The molecular weight excluding hydrogens is 339 g/mol. The molecule has 5 heteroatoms. The van der Waals surface area contributed by atoms with Crippen LogP contribution in [0.1, 0.15) is 34.1 Å². The number of hydrogen-bond donors (Lipinski definition) is 0. The summed E-state index contributed by atoms with van der Waals surface area (Å²) in [5.41, 5.74) is 0. The molecule has 2 atom stereocenters. The molecule has 0 aliphatic rings. The summed E-state index contributed by atoms with van der Waals surface area (Å²) in [5.74, 6) is 0. The maximum Gasteiger partial charge on any atom is 0.192 e. The van der Waals surface area contributed by atoms with Crippen LogP contribution in [0.2, 0.25) is 23.2 Å². The number of thioether (sulfide) groups is 1. The molecule has 0 spiro atoms. The van der Waals surface area contributed by atoms with Gasteiger partial charge in [0.15, 0.2) is 8.32 Å². The van der Waals surface area contributed by atoms with Gasteiger partial charge in [-0.15, -0.1) is 23.4 Å². The van der Waals surface area contributed by atoms with Crippen LogP contribution in [0.4, 0.5) is 0 Å². The maximum atomic E-state index is 6.46. The van der Waals surface area contributed by atoms with Gasteiger partial charge < -0.3 is 4.43 Å². The van der Waals surface area contributed by atoms with Gasteiger partial charge in [-0.05, 0) is 55.7 Å². The van der Waals surface area contributed by atoms with Crippen LogP contribution in [0.15, 0.2) is 29.2 Å². The SMILES string of the molecule is CC(C[C@@H](Cl)Sc1ccc(Cl)cc1)O[Si](C)(C)C(C)(C)C. The number of halogens is 2. The van der Waals surface area contributed by atoms with Gasteiger partial charge in [0.1, 0.15) is 0 Å². The zero-order chi connectivity index (χ0) is 16.3. The summed E-state index contributed by atoms with van der Waals surface area (Å²) in [7, 11) is -1.72. The highest BCUT2D eigenvalue weighted by atomic mass is 35.5. The Balaban J connectivity index is 2.51. The van der Waals surface area contributed by atoms with E-state index in [-0.39, 0.29) is 15.9 Å². The third kappa shape index (κ3) is 6.53. The van der Waals surface area contributed by atoms with Crippen molar-refractivity contribution in [2.75, 3.05) is 0 Å². The van der Waals surface area contributed by atoms with Crippen LogP contribution in [0, 0.1) is 0 Å². The van der Waals surface area contributed by atoms with E-state index in [2.05, 4.69) is 40.8 Å². The third-order valence-electron chi connectivity index (χ3n) is 3.90. The van der Waals surface area contributed by atoms with Gasteiger partial charge in [0.05, 0.1) is 4.71 Å². The molecule has 1 unspecified atom stereocenters. The highest BCUT2D eigenvalue weighted by molar-refractivity contribution is 8.01. The third-order valence-corrected chi connectivity index (χ3v) is 10.2. The Bertz CT molecular complexity index is 443. The average molecular weight is 365 g/mol. The molecule has 1 rings (SSSR count). The Hall–Kier alpha value is 0.327. The lowest BCUT2D eigenvalue weighted by Crippen LogP contribution is -2.43. The van der Waals surface area contributed by atoms with Crippen LogP contribution in [0.3, 0.4) is 0 Å². The first-order chi connectivity index (χ1) is 9.51. The molecule has 0 aromatic heterocycles. The molecule has 0 bridgehead atoms. The molecule has 1 aromatic carbocycles. The Morgan fingerprint density at radius 3 is 2.19 bits per heavy atom. The average Bonchev–Trinajstić information content (AvgIpc) is 2.29. The predicted molar refractivity (Wildman–Crippen MR) is 99.3 cm³/mol. The summed E-state index contributed by atoms with van der Waals surface area (Å²) >= 11 is 14.0. The number of alkyl halides is 1. The molecule has 21 heavy (non-hydrogen) atoms. The molecule has 0 aliphatic carbocycles. The van der Waals surface area contributed by atoms with E-state index in [4.69, 9.17) is 27.6 Å². The van der Waals surface area contributed by atoms with E-state index in [9.17, 15) is 0 Å². The fraction of sp³-hybridized carbons (Fsp3) is 0.625. The van der Waals surface area contributed by atoms with Crippen molar-refractivity contribution in [2.24, 2.45) is 0 Å². The summed E-state index contributed by atoms with van der Waals surface area (Å²) < 4.78 is 6.36. The summed E-state index contributed by atoms with van der Waals surface area (Å²) in [5, 5.41) is 0.979. The fourth-order valence-corrected chi connectivity index (χ4v) is 4.79. The topological polar surface area (TPSA) is 9.23 Å². The number of hydrogen-bond acceptors (Lipinski definition) is 2. The van der Waals surface area contributed by atoms with Crippen LogP contribution in [-0.4, -0.2) is 19.1 Å². The minimum absolute atomic E-state index is 0.00550. The molecule has 1 aromatic rings. The van der Waals surface area contributed by atoms with Crippen molar-refractivity contribution in [2.45, 2.75) is 68.0 Å². The molecule has 0 heterocycles. The van der Waals surface area contributed by atoms with Crippen molar-refractivity contribution in [1.82, 2.24) is 0 Å². The molecular formula is C16H26Cl2OSSi. The van der Waals surface area contributed by atoms with Crippen LogP contribution >= 0.6 is 35.0 Å². The summed E-state index contributed by atoms with van der Waals surface area (Å²) in [6.07, 6.45) is 1.01. The highest BCUT2D eigenvalue weighted by Crippen LogP contribution is 2.38. The molecule has 0 N–H and O–H groups in total. The number of benzene rings is 1. The van der Waals surface area contributed by atoms with Crippen LogP contribution in [0.5, 0.6) is 0 Å². The van der Waals surface area contributed by atoms with E-state index in [1.807, 2.05) is 24.3 Å². The minimum atomic E-state index is -1.72. The van der Waals surface area contributed by atoms with Crippen molar-refractivity contribution in [3.63, 3.8) is 0 Å². The lowest BCUT2D eigenvalue weighted by atomic mass is 10.2. The van der Waals surface area contributed by atoms with Crippen LogP contribution in [0.25, 0.3) is 0 Å². The van der Waals surface area contributed by atoms with Crippen molar-refractivity contribution in [3.05, 3.63) is 29.3 Å². The van der Waals surface area contributed by atoms with Gasteiger partial charge in [0.25, 0.3) is 0 Å². The number of rotatable bonds is 6. The molecule has 0 amide bonds. The minimum Gasteiger partial charge on any atom is -0.414 e. The zero-order valence-electron chi connectivity index (χ0n) is 13.7. The summed E-state index contributed by atoms with van der Waals surface area (Å²) in [6.45, 7) is 13.4. The Labute approximate surface area is 144 Å². The Kier molecular flexibility index (Phi) is 7.14. The van der Waals surface area contributed by atoms with Crippen molar-refractivity contribution >= 4 is 43.3 Å². The molecule has 0 saturated heterocycles. The lowest BCUT2D eigenvalue weighted by Gasteiger charge is -2.38. The van der Waals surface area contributed by atoms with Crippen molar-refractivity contribution in [1.29, 1.82) is 0 Å². The fourth-order valence-electron chi connectivity index (χ4n) is 1.70. The summed E-state index contributed by atoms with van der Waals surface area (Å²) in [6, 6.07) is 7.79. The maximum absolute atomic E-state index is 6.46. The lowest BCUT2D eigenvalue weighted by molar-refractivity contribution is 0.194. The molecule has 0 fully saturated rings. The second kappa shape index (κ2) is 7.74. The Morgan fingerprint density at radius 1 is 1.19 bits per heavy atom. The first-order valence-electron chi connectivity index (χ1n) is 7.25. The van der Waals surface area contributed by atoms with Crippen LogP contribution in [-0.2, 0) is 4.43 Å². The highest BCUT2D eigenvalue weighted by Gasteiger charge is 2.38. The van der Waals surface area contributed by atoms with Gasteiger partial charge in [-0.25, -0.2) is 0 Å². The van der Waals surface area contributed by atoms with Gasteiger partial charge in [-0.2, -0.15) is 0 Å². The van der Waals surface area contributed by atoms with E-state index >= 15 is 0 Å². The quantitative estimate of drug-likeness (QED) is 0.311. The van der Waals surface area contributed by atoms with Gasteiger partial charge in [0, 0.05) is 16.0 Å². The second-order valence-corrected chi connectivity index (χ2v) is 14.2. The van der Waals surface area contributed by atoms with Gasteiger partial charge in [-0.3, -0.25) is 0 Å². The largest absolute Gasteiger partial charge is 0.414 e. The van der Waals surface area contributed by atoms with Gasteiger partial charge in [-0.1, -0.05) is 32.4 Å². The zero-order valence-corrected chi connectivity index (χ0v) is 17.1. The molecule has 0 aliphatic heterocycles. The van der Waals surface area contributed by atoms with E-state index < -0.39 is 8.32 Å². The van der Waals surface area contributed by atoms with E-state index in [0.29, 0.717) is 0 Å². The standard InChI is InChI=1S/C16H26Cl2OSSi/c1-12(19-21(5,6)16(2,3)4)11-15(18)20-14-9-7-13(17)8-10-14/h7-10,12,15H,11H2,1-6H3/t12?,15-/m0/s1. The molecule has 120 valence electrons. The normalized spacial score (nSPS) is 15.8. The molecule has 0 saturated carbocycles. The monoisotopic (exact) mass is 364 g/mol. The van der Waals surface area contributed by atoms with Crippen molar-refractivity contribution in [3.8, 4) is 0 Å². The first kappa shape index (κ1) is 19.4. The van der Waals surface area contributed by atoms with Gasteiger partial charge >= 0.3 is 0 Å². The second-order valence-electron chi connectivity index (χ2n) is 6.91. The van der Waals surface area contributed by atoms with Crippen LogP contribution < -0.4 is 0 Å². The van der Waals surface area contributed by atoms with E-state index in [0.717, 1.165) is 16.3 Å². The Morgan fingerprint density at radius 2 is 1.71 bits per heavy atom. The molecule has 1 nitrogen and oxygen atoms in total. The van der Waals surface area contributed by atoms with E-state index in [1.54, 1.807) is 11.8 Å². The van der Waals surface area contributed by atoms with E-state index in [1.165, 1.54) is 0 Å². The van der Waals surface area contributed by atoms with Gasteiger partial charge in [0.2, 0.25) is 0 Å². The molecule has 0 radical (unpaired) electrons. The summed E-state index contributed by atoms with van der Waals surface area (Å²) in [4.78, 5) is 1.14. The smallest absolute Gasteiger partial charge is 0.192 e. The first-order valence-corrected chi connectivity index (χ1v) is 11.9.